The number of nitrogens with zero attached hydrogens (tertiary/aromatic N) is 1. The molecule has 21 heavy (non-hydrogen) atoms. The molecule has 0 aliphatic heterocycles. The molecule has 0 atom stereocenters. The third-order valence-corrected chi connectivity index (χ3v) is 3.03. The van der Waals surface area contributed by atoms with Gasteiger partial charge in [-0.05, 0) is 55.4 Å². The molecule has 0 aromatic heterocycles. The molecule has 5 nitrogen and oxygen atoms in total. The van der Waals surface area contributed by atoms with Crippen molar-refractivity contribution >= 4 is 34.4 Å². The Kier molecular flexibility index (Phi) is 4.49. The number of rotatable bonds is 3. The Morgan fingerprint density at radius 3 is 2.33 bits per heavy atom. The van der Waals surface area contributed by atoms with E-state index in [9.17, 15) is 10.1 Å². The van der Waals surface area contributed by atoms with Crippen LogP contribution in [0.5, 0.6) is 0 Å². The normalized spacial score (nSPS) is 10.0. The van der Waals surface area contributed by atoms with Gasteiger partial charge in [-0.1, -0.05) is 18.2 Å². The van der Waals surface area contributed by atoms with E-state index in [0.29, 0.717) is 10.8 Å². The molecule has 0 bridgehead atoms. The summed E-state index contributed by atoms with van der Waals surface area (Å²) in [5, 5.41) is 17.2. The van der Waals surface area contributed by atoms with Crippen molar-refractivity contribution in [2.45, 2.75) is 13.8 Å². The summed E-state index contributed by atoms with van der Waals surface area (Å²) in [4.78, 5) is 10.5. The molecule has 0 radical (unpaired) electrons. The van der Waals surface area contributed by atoms with E-state index >= 15 is 0 Å². The standard InChI is InChI=1S/C15H15N3O2S/c1-10-7-11(2)9-12(8-10)16-15(21)17-13-5-3-4-6-14(13)18(19)20/h3-9H,1-2H3,(H2,16,17,21). The molecule has 0 saturated carbocycles. The van der Waals surface area contributed by atoms with Crippen LogP contribution in [0.1, 0.15) is 11.1 Å². The smallest absolute Gasteiger partial charge is 0.292 e. The average molecular weight is 301 g/mol. The molecule has 2 aromatic rings. The SMILES string of the molecule is Cc1cc(C)cc(NC(=S)Nc2ccccc2[N+](=O)[O-])c1. The third kappa shape index (κ3) is 4.00. The first-order valence-electron chi connectivity index (χ1n) is 6.35. The van der Waals surface area contributed by atoms with E-state index in [1.807, 2.05) is 26.0 Å². The summed E-state index contributed by atoms with van der Waals surface area (Å²) in [6, 6.07) is 12.4. The number of nitro groups is 1. The predicted octanol–water partition coefficient (Wildman–Crippen LogP) is 4.02. The fraction of sp³-hybridized carbons (Fsp3) is 0.133. The zero-order chi connectivity index (χ0) is 15.4. The molecular weight excluding hydrogens is 286 g/mol. The zero-order valence-corrected chi connectivity index (χ0v) is 12.5. The second-order valence-electron chi connectivity index (χ2n) is 4.73. The highest BCUT2D eigenvalue weighted by atomic mass is 32.1. The first-order valence-corrected chi connectivity index (χ1v) is 6.76. The van der Waals surface area contributed by atoms with Crippen LogP contribution in [0.25, 0.3) is 0 Å². The van der Waals surface area contributed by atoms with E-state index in [1.165, 1.54) is 6.07 Å². The quantitative estimate of drug-likeness (QED) is 0.509. The van der Waals surface area contributed by atoms with Crippen LogP contribution in [0.15, 0.2) is 42.5 Å². The van der Waals surface area contributed by atoms with Gasteiger partial charge in [-0.15, -0.1) is 0 Å². The van der Waals surface area contributed by atoms with E-state index in [1.54, 1.807) is 18.2 Å². The number of thiocarbonyl (C=S) groups is 1. The lowest BCUT2D eigenvalue weighted by Crippen LogP contribution is -2.19. The molecule has 2 N–H and O–H groups in total. The van der Waals surface area contributed by atoms with Crippen molar-refractivity contribution in [3.8, 4) is 0 Å². The van der Waals surface area contributed by atoms with Gasteiger partial charge in [0.1, 0.15) is 5.69 Å². The number of hydrogen-bond acceptors (Lipinski definition) is 3. The van der Waals surface area contributed by atoms with Gasteiger partial charge in [0.15, 0.2) is 5.11 Å². The first-order chi connectivity index (χ1) is 9.95. The van der Waals surface area contributed by atoms with Crippen LogP contribution in [0.3, 0.4) is 0 Å². The minimum absolute atomic E-state index is 0.0120. The minimum atomic E-state index is -0.443. The predicted molar refractivity (Wildman–Crippen MR) is 88.9 cm³/mol. The van der Waals surface area contributed by atoms with E-state index in [4.69, 9.17) is 12.2 Å². The number of benzene rings is 2. The summed E-state index contributed by atoms with van der Waals surface area (Å²) in [6.45, 7) is 3.99. The maximum absolute atomic E-state index is 11.0. The summed E-state index contributed by atoms with van der Waals surface area (Å²) < 4.78 is 0. The largest absolute Gasteiger partial charge is 0.332 e. The van der Waals surface area contributed by atoms with Crippen molar-refractivity contribution in [3.05, 3.63) is 63.7 Å². The molecule has 108 valence electrons. The molecule has 2 aromatic carbocycles. The second-order valence-corrected chi connectivity index (χ2v) is 5.14. The zero-order valence-electron chi connectivity index (χ0n) is 11.7. The molecule has 2 rings (SSSR count). The van der Waals surface area contributed by atoms with Gasteiger partial charge >= 0.3 is 0 Å². The van der Waals surface area contributed by atoms with Gasteiger partial charge in [-0.3, -0.25) is 10.1 Å². The van der Waals surface area contributed by atoms with Gasteiger partial charge in [-0.2, -0.15) is 0 Å². The van der Waals surface area contributed by atoms with Crippen molar-refractivity contribution in [1.82, 2.24) is 0 Å². The first kappa shape index (κ1) is 14.9. The number of hydrogen-bond donors (Lipinski definition) is 2. The molecule has 6 heteroatoms. The lowest BCUT2D eigenvalue weighted by Gasteiger charge is -2.12. The van der Waals surface area contributed by atoms with E-state index in [2.05, 4.69) is 16.7 Å². The van der Waals surface area contributed by atoms with Crippen molar-refractivity contribution in [1.29, 1.82) is 0 Å². The summed E-state index contributed by atoms with van der Waals surface area (Å²) in [5.41, 5.74) is 3.44. The maximum atomic E-state index is 11.0. The molecule has 0 amide bonds. The van der Waals surface area contributed by atoms with Gasteiger partial charge in [-0.25, -0.2) is 0 Å². The minimum Gasteiger partial charge on any atom is -0.332 e. The monoisotopic (exact) mass is 301 g/mol. The van der Waals surface area contributed by atoms with Crippen molar-refractivity contribution in [2.24, 2.45) is 0 Å². The van der Waals surface area contributed by atoms with Crippen molar-refractivity contribution < 1.29 is 4.92 Å². The highest BCUT2D eigenvalue weighted by Crippen LogP contribution is 2.23. The van der Waals surface area contributed by atoms with Crippen LogP contribution in [-0.4, -0.2) is 10.0 Å². The van der Waals surface area contributed by atoms with Gasteiger partial charge in [0.25, 0.3) is 5.69 Å². The van der Waals surface area contributed by atoms with Crippen LogP contribution < -0.4 is 10.6 Å². The maximum Gasteiger partial charge on any atom is 0.292 e. The Bertz CT molecular complexity index is 681. The molecule has 0 aliphatic carbocycles. The van der Waals surface area contributed by atoms with Crippen LogP contribution in [0.2, 0.25) is 0 Å². The molecule has 0 spiro atoms. The van der Waals surface area contributed by atoms with Crippen LogP contribution in [-0.2, 0) is 0 Å². The Balaban J connectivity index is 2.14. The summed E-state index contributed by atoms with van der Waals surface area (Å²) in [7, 11) is 0. The lowest BCUT2D eigenvalue weighted by molar-refractivity contribution is -0.383. The molecule has 0 heterocycles. The molecule has 0 saturated heterocycles. The van der Waals surface area contributed by atoms with E-state index < -0.39 is 4.92 Å². The van der Waals surface area contributed by atoms with Crippen molar-refractivity contribution in [3.63, 3.8) is 0 Å². The highest BCUT2D eigenvalue weighted by molar-refractivity contribution is 7.80. The number of anilines is 2. The Hall–Kier alpha value is -2.47. The average Bonchev–Trinajstić information content (AvgIpc) is 2.37. The Morgan fingerprint density at radius 1 is 1.10 bits per heavy atom. The van der Waals surface area contributed by atoms with E-state index in [0.717, 1.165) is 16.8 Å². The lowest BCUT2D eigenvalue weighted by atomic mass is 10.1. The van der Waals surface area contributed by atoms with Gasteiger partial charge in [0.2, 0.25) is 0 Å². The van der Waals surface area contributed by atoms with Gasteiger partial charge in [0, 0.05) is 11.8 Å². The molecule has 0 fully saturated rings. The number of aryl methyl sites for hydroxylation is 2. The molecule has 0 unspecified atom stereocenters. The fourth-order valence-corrected chi connectivity index (χ4v) is 2.30. The number of para-hydroxylation sites is 2. The summed E-state index contributed by atoms with van der Waals surface area (Å²) in [5.74, 6) is 0. The van der Waals surface area contributed by atoms with Crippen LogP contribution >= 0.6 is 12.2 Å². The molecular formula is C15H15N3O2S. The van der Waals surface area contributed by atoms with Gasteiger partial charge in [0.05, 0.1) is 4.92 Å². The second kappa shape index (κ2) is 6.32. The number of nitrogens with one attached hydrogen (secondary N) is 2. The van der Waals surface area contributed by atoms with E-state index in [-0.39, 0.29) is 5.69 Å². The summed E-state index contributed by atoms with van der Waals surface area (Å²) in [6.07, 6.45) is 0. The third-order valence-electron chi connectivity index (χ3n) is 2.83. The fourth-order valence-electron chi connectivity index (χ4n) is 2.07. The van der Waals surface area contributed by atoms with Gasteiger partial charge < -0.3 is 10.6 Å². The number of nitro benzene ring substituents is 1. The molecule has 0 aliphatic rings. The topological polar surface area (TPSA) is 67.2 Å². The summed E-state index contributed by atoms with van der Waals surface area (Å²) >= 11 is 5.21. The Labute approximate surface area is 128 Å². The Morgan fingerprint density at radius 2 is 1.71 bits per heavy atom. The van der Waals surface area contributed by atoms with Crippen LogP contribution in [0.4, 0.5) is 17.1 Å². The highest BCUT2D eigenvalue weighted by Gasteiger charge is 2.13. The van der Waals surface area contributed by atoms with Crippen molar-refractivity contribution in [2.75, 3.05) is 10.6 Å². The van der Waals surface area contributed by atoms with Crippen LogP contribution in [0, 0.1) is 24.0 Å².